The Balaban J connectivity index is 1.81. The number of likely N-dealkylation sites (tertiary alicyclic amines) is 1. The van der Waals surface area contributed by atoms with Crippen molar-refractivity contribution in [1.82, 2.24) is 4.90 Å². The first kappa shape index (κ1) is 7.10. The molecule has 1 saturated carbocycles. The van der Waals surface area contributed by atoms with Crippen LogP contribution in [0, 0.1) is 5.92 Å². The van der Waals surface area contributed by atoms with Gasteiger partial charge in [0.2, 0.25) is 5.91 Å². The van der Waals surface area contributed by atoms with E-state index in [0.717, 1.165) is 19.5 Å². The fourth-order valence-corrected chi connectivity index (χ4v) is 1.58. The second-order valence-corrected chi connectivity index (χ2v) is 3.50. The van der Waals surface area contributed by atoms with E-state index >= 15 is 0 Å². The number of hydrogen-bond donors (Lipinski definition) is 1. The second-order valence-electron chi connectivity index (χ2n) is 3.50. The van der Waals surface area contributed by atoms with E-state index in [-0.39, 0.29) is 17.9 Å². The van der Waals surface area contributed by atoms with Crippen LogP contribution in [0.4, 0.5) is 0 Å². The van der Waals surface area contributed by atoms with Crippen molar-refractivity contribution in [2.45, 2.75) is 25.4 Å². The van der Waals surface area contributed by atoms with Gasteiger partial charge >= 0.3 is 0 Å². The van der Waals surface area contributed by atoms with Crippen molar-refractivity contribution in [3.8, 4) is 0 Å². The normalized spacial score (nSPS) is 35.9. The molecule has 1 amide bonds. The Morgan fingerprint density at radius 3 is 2.36 bits per heavy atom. The molecule has 11 heavy (non-hydrogen) atoms. The van der Waals surface area contributed by atoms with Gasteiger partial charge < -0.3 is 10.0 Å². The van der Waals surface area contributed by atoms with Crippen molar-refractivity contribution in [3.63, 3.8) is 0 Å². The molecule has 0 unspecified atom stereocenters. The van der Waals surface area contributed by atoms with Crippen LogP contribution in [0.1, 0.15) is 19.3 Å². The lowest BCUT2D eigenvalue weighted by molar-refractivity contribution is -0.145. The Labute approximate surface area is 66.0 Å². The van der Waals surface area contributed by atoms with Crippen molar-refractivity contribution in [3.05, 3.63) is 0 Å². The van der Waals surface area contributed by atoms with Gasteiger partial charge in [0.15, 0.2) is 0 Å². The summed E-state index contributed by atoms with van der Waals surface area (Å²) in [6.07, 6.45) is 2.33. The molecule has 0 atom stereocenters. The molecule has 62 valence electrons. The molecule has 0 bridgehead atoms. The first-order chi connectivity index (χ1) is 5.27. The maximum atomic E-state index is 11.4. The molecule has 0 radical (unpaired) electrons. The fraction of sp³-hybridized carbons (Fsp3) is 0.875. The Morgan fingerprint density at radius 1 is 1.36 bits per heavy atom. The molecule has 0 aromatic carbocycles. The largest absolute Gasteiger partial charge is 0.393 e. The van der Waals surface area contributed by atoms with E-state index in [1.54, 1.807) is 0 Å². The van der Waals surface area contributed by atoms with Crippen LogP contribution in [0.15, 0.2) is 0 Å². The van der Waals surface area contributed by atoms with E-state index in [1.807, 2.05) is 4.90 Å². The van der Waals surface area contributed by atoms with E-state index in [4.69, 9.17) is 5.11 Å². The molecule has 1 N–H and O–H groups in total. The van der Waals surface area contributed by atoms with Crippen LogP contribution in [-0.4, -0.2) is 35.1 Å². The number of aliphatic hydroxyl groups is 1. The molecule has 2 rings (SSSR count). The Kier molecular flexibility index (Phi) is 1.60. The van der Waals surface area contributed by atoms with Gasteiger partial charge in [0.25, 0.3) is 0 Å². The predicted octanol–water partition coefficient (Wildman–Crippen LogP) is -0.0104. The molecule has 2 aliphatic rings. The van der Waals surface area contributed by atoms with Gasteiger partial charge in [-0.3, -0.25) is 4.79 Å². The standard InChI is InChI=1S/C8H13NO2/c10-7-4-6(5-7)8(11)9-2-1-3-9/h6-7,10H,1-5H2/t6-,7+. The van der Waals surface area contributed by atoms with Crippen LogP contribution >= 0.6 is 0 Å². The Hall–Kier alpha value is -0.570. The summed E-state index contributed by atoms with van der Waals surface area (Å²) >= 11 is 0. The highest BCUT2D eigenvalue weighted by atomic mass is 16.3. The number of aliphatic hydroxyl groups excluding tert-OH is 1. The topological polar surface area (TPSA) is 40.5 Å². The molecule has 3 heteroatoms. The molecule has 3 nitrogen and oxygen atoms in total. The van der Waals surface area contributed by atoms with Crippen LogP contribution in [0.25, 0.3) is 0 Å². The van der Waals surface area contributed by atoms with Gasteiger partial charge in [0.05, 0.1) is 6.10 Å². The Bertz CT molecular complexity index is 171. The van der Waals surface area contributed by atoms with Crippen molar-refractivity contribution >= 4 is 5.91 Å². The minimum absolute atomic E-state index is 0.144. The lowest BCUT2D eigenvalue weighted by Gasteiger charge is -2.38. The molecule has 1 aliphatic heterocycles. The van der Waals surface area contributed by atoms with E-state index in [0.29, 0.717) is 12.8 Å². The SMILES string of the molecule is O=C([C@H]1C[C@@H](O)C1)N1CCC1. The summed E-state index contributed by atoms with van der Waals surface area (Å²) in [7, 11) is 0. The zero-order valence-electron chi connectivity index (χ0n) is 6.49. The third-order valence-corrected chi connectivity index (χ3v) is 2.63. The number of nitrogens with zero attached hydrogens (tertiary/aromatic N) is 1. The molecule has 0 aromatic rings. The van der Waals surface area contributed by atoms with Crippen molar-refractivity contribution in [2.24, 2.45) is 5.92 Å². The lowest BCUT2D eigenvalue weighted by atomic mass is 9.81. The quantitative estimate of drug-likeness (QED) is 0.578. The van der Waals surface area contributed by atoms with Crippen LogP contribution in [0.2, 0.25) is 0 Å². The predicted molar refractivity (Wildman–Crippen MR) is 39.9 cm³/mol. The number of amides is 1. The van der Waals surface area contributed by atoms with Gasteiger partial charge in [-0.15, -0.1) is 0 Å². The van der Waals surface area contributed by atoms with E-state index < -0.39 is 0 Å². The van der Waals surface area contributed by atoms with Gasteiger partial charge in [-0.25, -0.2) is 0 Å². The van der Waals surface area contributed by atoms with E-state index in [9.17, 15) is 4.79 Å². The molecule has 2 fully saturated rings. The highest BCUT2D eigenvalue weighted by Crippen LogP contribution is 2.30. The third-order valence-electron chi connectivity index (χ3n) is 2.63. The summed E-state index contributed by atoms with van der Waals surface area (Å²) in [4.78, 5) is 13.3. The van der Waals surface area contributed by atoms with Crippen LogP contribution in [0.5, 0.6) is 0 Å². The van der Waals surface area contributed by atoms with Gasteiger partial charge in [-0.05, 0) is 19.3 Å². The number of carbonyl (C=O) groups is 1. The molecule has 1 saturated heterocycles. The number of carbonyl (C=O) groups excluding carboxylic acids is 1. The van der Waals surface area contributed by atoms with Crippen molar-refractivity contribution < 1.29 is 9.90 Å². The summed E-state index contributed by atoms with van der Waals surface area (Å²) in [5.41, 5.74) is 0. The monoisotopic (exact) mass is 155 g/mol. The zero-order chi connectivity index (χ0) is 7.84. The van der Waals surface area contributed by atoms with Crippen molar-refractivity contribution in [2.75, 3.05) is 13.1 Å². The van der Waals surface area contributed by atoms with Gasteiger partial charge in [-0.1, -0.05) is 0 Å². The summed E-state index contributed by atoms with van der Waals surface area (Å²) in [6.45, 7) is 1.87. The highest BCUT2D eigenvalue weighted by molar-refractivity contribution is 5.80. The summed E-state index contributed by atoms with van der Waals surface area (Å²) in [6, 6.07) is 0. The minimum atomic E-state index is -0.203. The van der Waals surface area contributed by atoms with Crippen LogP contribution in [0.3, 0.4) is 0 Å². The maximum absolute atomic E-state index is 11.4. The molecular weight excluding hydrogens is 142 g/mol. The van der Waals surface area contributed by atoms with Gasteiger partial charge in [0, 0.05) is 19.0 Å². The molecular formula is C8H13NO2. The first-order valence-electron chi connectivity index (χ1n) is 4.24. The van der Waals surface area contributed by atoms with Gasteiger partial charge in [-0.2, -0.15) is 0 Å². The second kappa shape index (κ2) is 2.48. The van der Waals surface area contributed by atoms with Crippen LogP contribution < -0.4 is 0 Å². The summed E-state index contributed by atoms with van der Waals surface area (Å²) < 4.78 is 0. The maximum Gasteiger partial charge on any atom is 0.225 e. The summed E-state index contributed by atoms with van der Waals surface area (Å²) in [5.74, 6) is 0.409. The van der Waals surface area contributed by atoms with E-state index in [1.165, 1.54) is 0 Å². The molecule has 0 spiro atoms. The minimum Gasteiger partial charge on any atom is -0.393 e. The average molecular weight is 155 g/mol. The Morgan fingerprint density at radius 2 is 2.00 bits per heavy atom. The summed E-state index contributed by atoms with van der Waals surface area (Å²) in [5, 5.41) is 8.97. The zero-order valence-corrected chi connectivity index (χ0v) is 6.49. The third kappa shape index (κ3) is 1.13. The smallest absolute Gasteiger partial charge is 0.225 e. The number of hydrogen-bond acceptors (Lipinski definition) is 2. The highest BCUT2D eigenvalue weighted by Gasteiger charge is 2.36. The van der Waals surface area contributed by atoms with Gasteiger partial charge in [0.1, 0.15) is 0 Å². The van der Waals surface area contributed by atoms with Crippen molar-refractivity contribution in [1.29, 1.82) is 0 Å². The number of rotatable bonds is 1. The first-order valence-corrected chi connectivity index (χ1v) is 4.24. The molecule has 0 aromatic heterocycles. The molecule has 1 heterocycles. The average Bonchev–Trinajstić information content (AvgIpc) is 1.76. The lowest BCUT2D eigenvalue weighted by Crippen LogP contribution is -2.49. The fourth-order valence-electron chi connectivity index (χ4n) is 1.58. The van der Waals surface area contributed by atoms with Crippen LogP contribution in [-0.2, 0) is 4.79 Å². The van der Waals surface area contributed by atoms with E-state index in [2.05, 4.69) is 0 Å². The molecule has 1 aliphatic carbocycles.